The molecule has 1 atom stereocenters. The van der Waals surface area contributed by atoms with Gasteiger partial charge in [-0.05, 0) is 44.9 Å². The Morgan fingerprint density at radius 1 is 1.31 bits per heavy atom. The van der Waals surface area contributed by atoms with Crippen LogP contribution in [0.1, 0.15) is 34.6 Å². The van der Waals surface area contributed by atoms with Crippen molar-refractivity contribution < 1.29 is 9.53 Å². The van der Waals surface area contributed by atoms with E-state index in [1.54, 1.807) is 11.3 Å². The van der Waals surface area contributed by atoms with E-state index in [4.69, 9.17) is 4.74 Å². The minimum Gasteiger partial charge on any atom is -0.376 e. The molecule has 0 bridgehead atoms. The first-order chi connectivity index (χ1) is 14.1. The molecular formula is C21H22N4O2S2. The molecule has 5 rings (SSSR count). The van der Waals surface area contributed by atoms with Crippen LogP contribution in [0.3, 0.4) is 0 Å². The Bertz CT molecular complexity index is 1200. The summed E-state index contributed by atoms with van der Waals surface area (Å²) in [5, 5.41) is 9.34. The van der Waals surface area contributed by atoms with Gasteiger partial charge in [-0.1, -0.05) is 35.2 Å². The van der Waals surface area contributed by atoms with E-state index < -0.39 is 0 Å². The van der Waals surface area contributed by atoms with Gasteiger partial charge >= 0.3 is 0 Å². The quantitative estimate of drug-likeness (QED) is 0.335. The van der Waals surface area contributed by atoms with Crippen molar-refractivity contribution in [2.24, 2.45) is 0 Å². The number of rotatable bonds is 6. The Morgan fingerprint density at radius 3 is 3.00 bits per heavy atom. The number of aryl methyl sites for hydroxylation is 1. The van der Waals surface area contributed by atoms with Gasteiger partial charge < -0.3 is 9.30 Å². The minimum absolute atomic E-state index is 0.123. The molecule has 0 amide bonds. The number of hydrogen-bond donors (Lipinski definition) is 0. The second-order valence-electron chi connectivity index (χ2n) is 7.41. The average Bonchev–Trinajstić information content (AvgIpc) is 3.48. The van der Waals surface area contributed by atoms with Crippen molar-refractivity contribution in [3.8, 4) is 0 Å². The minimum atomic E-state index is 0.123. The molecule has 0 spiro atoms. The van der Waals surface area contributed by atoms with Crippen LogP contribution >= 0.6 is 23.1 Å². The monoisotopic (exact) mass is 426 g/mol. The number of ketones is 1. The molecule has 1 saturated heterocycles. The Balaban J connectivity index is 1.35. The van der Waals surface area contributed by atoms with Gasteiger partial charge in [0.15, 0.2) is 10.9 Å². The first kappa shape index (κ1) is 18.8. The number of Topliss-reactive ketones (excluding diaryl/α,β-unsaturated/α-hetero) is 1. The maximum Gasteiger partial charge on any atom is 0.217 e. The lowest BCUT2D eigenvalue weighted by Crippen LogP contribution is -2.17. The maximum absolute atomic E-state index is 13.0. The molecular weight excluding hydrogens is 404 g/mol. The molecule has 1 aliphatic rings. The van der Waals surface area contributed by atoms with Crippen molar-refractivity contribution in [2.75, 3.05) is 12.4 Å². The molecule has 0 radical (unpaired) electrons. The van der Waals surface area contributed by atoms with Gasteiger partial charge in [-0.15, -0.1) is 10.2 Å². The van der Waals surface area contributed by atoms with Crippen molar-refractivity contribution in [2.45, 2.75) is 44.5 Å². The predicted molar refractivity (Wildman–Crippen MR) is 116 cm³/mol. The Kier molecular flexibility index (Phi) is 4.93. The number of thioether (sulfide) groups is 1. The summed E-state index contributed by atoms with van der Waals surface area (Å²) in [6, 6.07) is 10.2. The van der Waals surface area contributed by atoms with E-state index in [1.165, 1.54) is 16.5 Å². The molecule has 4 heterocycles. The molecule has 0 aliphatic carbocycles. The van der Waals surface area contributed by atoms with Gasteiger partial charge in [-0.3, -0.25) is 9.20 Å². The molecule has 0 unspecified atom stereocenters. The molecule has 8 heteroatoms. The summed E-state index contributed by atoms with van der Waals surface area (Å²) in [5.74, 6) is 0.466. The molecule has 1 aromatic carbocycles. The third-order valence-electron chi connectivity index (χ3n) is 5.53. The molecule has 1 fully saturated rings. The lowest BCUT2D eigenvalue weighted by atomic mass is 10.2. The topological polar surface area (TPSA) is 61.4 Å². The number of para-hydroxylation sites is 1. The Hall–Kier alpha value is -2.16. The largest absolute Gasteiger partial charge is 0.376 e. The van der Waals surface area contributed by atoms with Crippen molar-refractivity contribution >= 4 is 44.1 Å². The first-order valence-corrected chi connectivity index (χ1v) is 11.6. The number of aromatic nitrogens is 4. The third-order valence-corrected chi connectivity index (χ3v) is 7.47. The molecule has 150 valence electrons. The number of nitrogens with zero attached hydrogens (tertiary/aromatic N) is 4. The normalized spacial score (nSPS) is 17.0. The molecule has 29 heavy (non-hydrogen) atoms. The van der Waals surface area contributed by atoms with Gasteiger partial charge in [-0.25, -0.2) is 0 Å². The molecule has 0 N–H and O–H groups in total. The summed E-state index contributed by atoms with van der Waals surface area (Å²) >= 11 is 3.06. The smallest absolute Gasteiger partial charge is 0.217 e. The molecule has 0 saturated carbocycles. The predicted octanol–water partition coefficient (Wildman–Crippen LogP) is 4.52. The third kappa shape index (κ3) is 3.39. The second-order valence-corrected chi connectivity index (χ2v) is 9.36. The maximum atomic E-state index is 13.0. The van der Waals surface area contributed by atoms with Crippen LogP contribution in [-0.4, -0.2) is 43.4 Å². The molecule has 6 nitrogen and oxygen atoms in total. The van der Waals surface area contributed by atoms with Crippen LogP contribution in [0.25, 0.3) is 15.2 Å². The van der Waals surface area contributed by atoms with Gasteiger partial charge in [-0.2, -0.15) is 0 Å². The van der Waals surface area contributed by atoms with Crippen molar-refractivity contribution in [3.05, 3.63) is 47.3 Å². The molecule has 3 aromatic heterocycles. The lowest BCUT2D eigenvalue weighted by molar-refractivity contribution is 0.0957. The van der Waals surface area contributed by atoms with Crippen LogP contribution in [0, 0.1) is 13.8 Å². The van der Waals surface area contributed by atoms with Gasteiger partial charge in [0, 0.05) is 30.1 Å². The highest BCUT2D eigenvalue weighted by Gasteiger charge is 2.22. The molecule has 4 aromatic rings. The van der Waals surface area contributed by atoms with Crippen molar-refractivity contribution in [1.82, 2.24) is 19.2 Å². The summed E-state index contributed by atoms with van der Waals surface area (Å²) in [5.41, 5.74) is 4.02. The van der Waals surface area contributed by atoms with Gasteiger partial charge in [0.1, 0.15) is 0 Å². The van der Waals surface area contributed by atoms with E-state index in [0.717, 1.165) is 58.6 Å². The van der Waals surface area contributed by atoms with E-state index in [0.29, 0.717) is 5.75 Å². The number of carbonyl (C=O) groups is 1. The highest BCUT2D eigenvalue weighted by atomic mass is 32.2. The van der Waals surface area contributed by atoms with Gasteiger partial charge in [0.05, 0.1) is 22.1 Å². The fourth-order valence-corrected chi connectivity index (χ4v) is 5.86. The Morgan fingerprint density at radius 2 is 2.17 bits per heavy atom. The number of fused-ring (bicyclic) bond motifs is 3. The number of benzene rings is 1. The fourth-order valence-electron chi connectivity index (χ4n) is 4.01. The number of thiazole rings is 1. The number of hydrogen-bond acceptors (Lipinski definition) is 6. The van der Waals surface area contributed by atoms with Crippen LogP contribution in [0.4, 0.5) is 0 Å². The van der Waals surface area contributed by atoms with Crippen molar-refractivity contribution in [1.29, 1.82) is 0 Å². The van der Waals surface area contributed by atoms with Gasteiger partial charge in [0.2, 0.25) is 4.96 Å². The SMILES string of the molecule is Cc1cc(C(=O)CSc2nnc3sc4ccccc4n23)c(C)n1C[C@@H]1CCCO1. The average molecular weight is 427 g/mol. The van der Waals surface area contributed by atoms with E-state index >= 15 is 0 Å². The summed E-state index contributed by atoms with van der Waals surface area (Å²) in [7, 11) is 0. The summed E-state index contributed by atoms with van der Waals surface area (Å²) in [6.07, 6.45) is 2.47. The summed E-state index contributed by atoms with van der Waals surface area (Å²) < 4.78 is 11.2. The zero-order valence-electron chi connectivity index (χ0n) is 16.4. The van der Waals surface area contributed by atoms with E-state index in [9.17, 15) is 4.79 Å². The van der Waals surface area contributed by atoms with Crippen LogP contribution in [0.5, 0.6) is 0 Å². The zero-order chi connectivity index (χ0) is 20.0. The standard InChI is InChI=1S/C21H22N4O2S2/c1-13-10-16(14(2)24(13)11-15-6-5-9-27-15)18(26)12-28-20-22-23-21-25(20)17-7-3-4-8-19(17)29-21/h3-4,7-8,10,15H,5-6,9,11-12H2,1-2H3/t15-/m0/s1. The Labute approximate surface area is 176 Å². The second kappa shape index (κ2) is 7.59. The number of ether oxygens (including phenoxy) is 1. The van der Waals surface area contributed by atoms with Crippen LogP contribution < -0.4 is 0 Å². The molecule has 1 aliphatic heterocycles. The number of carbonyl (C=O) groups excluding carboxylic acids is 1. The fraction of sp³-hybridized carbons (Fsp3) is 0.381. The van der Waals surface area contributed by atoms with Crippen molar-refractivity contribution in [3.63, 3.8) is 0 Å². The highest BCUT2D eigenvalue weighted by molar-refractivity contribution is 7.99. The van der Waals surface area contributed by atoms with E-state index in [2.05, 4.69) is 33.8 Å². The first-order valence-electron chi connectivity index (χ1n) is 9.79. The summed E-state index contributed by atoms with van der Waals surface area (Å²) in [4.78, 5) is 13.8. The summed E-state index contributed by atoms with van der Waals surface area (Å²) in [6.45, 7) is 5.76. The van der Waals surface area contributed by atoms with Crippen LogP contribution in [0.2, 0.25) is 0 Å². The van der Waals surface area contributed by atoms with Crippen LogP contribution in [0.15, 0.2) is 35.5 Å². The van der Waals surface area contributed by atoms with Gasteiger partial charge in [0.25, 0.3) is 0 Å². The van der Waals surface area contributed by atoms with E-state index in [1.807, 2.05) is 29.5 Å². The highest BCUT2D eigenvalue weighted by Crippen LogP contribution is 2.30. The van der Waals surface area contributed by atoms with E-state index in [-0.39, 0.29) is 11.9 Å². The zero-order valence-corrected chi connectivity index (χ0v) is 18.1. The lowest BCUT2D eigenvalue weighted by Gasteiger charge is -2.14. The van der Waals surface area contributed by atoms with Crippen LogP contribution in [-0.2, 0) is 11.3 Å².